The minimum absolute atomic E-state index is 0.419. The van der Waals surface area contributed by atoms with Crippen molar-refractivity contribution in [3.63, 3.8) is 0 Å². The third kappa shape index (κ3) is 2.61. The predicted molar refractivity (Wildman–Crippen MR) is 49.3 cm³/mol. The summed E-state index contributed by atoms with van der Waals surface area (Å²) in [6.07, 6.45) is 1.09. The Morgan fingerprint density at radius 2 is 1.67 bits per heavy atom. The van der Waals surface area contributed by atoms with Crippen LogP contribution in [0.2, 0.25) is 0 Å². The second-order valence-electron chi connectivity index (χ2n) is 3.71. The maximum absolute atomic E-state index is 11.0. The van der Waals surface area contributed by atoms with Crippen LogP contribution < -0.4 is 0 Å². The molecule has 0 bridgehead atoms. The number of hydrogen-bond donors (Lipinski definition) is 0. The van der Waals surface area contributed by atoms with Crippen LogP contribution in [0.4, 0.5) is 0 Å². The van der Waals surface area contributed by atoms with Gasteiger partial charge < -0.3 is 0 Å². The number of halogens is 1. The molecular weight excluding hydrogens is 198 g/mol. The number of nitrogens with zero attached hydrogens (tertiary/aromatic N) is 1. The summed E-state index contributed by atoms with van der Waals surface area (Å²) in [4.78, 5) is 0. The van der Waals surface area contributed by atoms with Gasteiger partial charge in [-0.1, -0.05) is 13.8 Å². The lowest BCUT2D eigenvalue weighted by Crippen LogP contribution is -2.40. The zero-order valence-electron chi connectivity index (χ0n) is 7.33. The third-order valence-corrected chi connectivity index (χ3v) is 3.64. The van der Waals surface area contributed by atoms with Gasteiger partial charge >= 0.3 is 0 Å². The summed E-state index contributed by atoms with van der Waals surface area (Å²) in [7, 11) is 1.75. The van der Waals surface area contributed by atoms with Crippen LogP contribution in [0, 0.1) is 11.8 Å². The fourth-order valence-corrected chi connectivity index (χ4v) is 2.99. The van der Waals surface area contributed by atoms with E-state index in [1.165, 1.54) is 4.31 Å². The molecule has 2 atom stereocenters. The van der Waals surface area contributed by atoms with E-state index in [4.69, 9.17) is 10.7 Å². The van der Waals surface area contributed by atoms with E-state index in [0.717, 1.165) is 6.42 Å². The second kappa shape index (κ2) is 3.52. The van der Waals surface area contributed by atoms with Gasteiger partial charge in [0.2, 0.25) is 0 Å². The van der Waals surface area contributed by atoms with E-state index >= 15 is 0 Å². The van der Waals surface area contributed by atoms with Gasteiger partial charge in [0.15, 0.2) is 0 Å². The van der Waals surface area contributed by atoms with Crippen LogP contribution in [0.5, 0.6) is 0 Å². The quantitative estimate of drug-likeness (QED) is 0.616. The highest BCUT2D eigenvalue weighted by molar-refractivity contribution is 8.11. The molecule has 12 heavy (non-hydrogen) atoms. The molecule has 0 aromatic heterocycles. The molecule has 0 unspecified atom stereocenters. The van der Waals surface area contributed by atoms with E-state index in [0.29, 0.717) is 24.9 Å². The van der Waals surface area contributed by atoms with E-state index in [-0.39, 0.29) is 0 Å². The van der Waals surface area contributed by atoms with Crippen molar-refractivity contribution >= 4 is 19.9 Å². The number of piperidine rings is 1. The topological polar surface area (TPSA) is 37.4 Å². The monoisotopic (exact) mass is 211 g/mol. The average molecular weight is 212 g/mol. The first-order valence-corrected chi connectivity index (χ1v) is 6.36. The van der Waals surface area contributed by atoms with Gasteiger partial charge in [0.1, 0.15) is 0 Å². The molecule has 1 aliphatic rings. The van der Waals surface area contributed by atoms with Gasteiger partial charge in [-0.15, -0.1) is 0 Å². The van der Waals surface area contributed by atoms with E-state index in [1.807, 2.05) is 13.8 Å². The Labute approximate surface area is 78.3 Å². The van der Waals surface area contributed by atoms with E-state index < -0.39 is 9.24 Å². The third-order valence-electron chi connectivity index (χ3n) is 2.14. The van der Waals surface area contributed by atoms with Crippen LogP contribution in [-0.4, -0.2) is 25.8 Å². The normalized spacial score (nSPS) is 33.6. The summed E-state index contributed by atoms with van der Waals surface area (Å²) in [6, 6.07) is 0. The summed E-state index contributed by atoms with van der Waals surface area (Å²) < 4.78 is 23.3. The van der Waals surface area contributed by atoms with E-state index in [2.05, 4.69) is 0 Å². The summed E-state index contributed by atoms with van der Waals surface area (Å²) >= 11 is 0. The largest absolute Gasteiger partial charge is 0.299 e. The zero-order valence-corrected chi connectivity index (χ0v) is 8.90. The van der Waals surface area contributed by atoms with Gasteiger partial charge in [-0.25, -0.2) is 0 Å². The lowest BCUT2D eigenvalue weighted by atomic mass is 9.94. The molecule has 1 fully saturated rings. The van der Waals surface area contributed by atoms with Crippen LogP contribution in [0.1, 0.15) is 20.3 Å². The first kappa shape index (κ1) is 10.3. The van der Waals surface area contributed by atoms with Gasteiger partial charge in [0.05, 0.1) is 0 Å². The highest BCUT2D eigenvalue weighted by atomic mass is 35.7. The van der Waals surface area contributed by atoms with Crippen LogP contribution in [0.3, 0.4) is 0 Å². The van der Waals surface area contributed by atoms with Crippen molar-refractivity contribution in [2.24, 2.45) is 11.8 Å². The molecule has 0 N–H and O–H groups in total. The van der Waals surface area contributed by atoms with E-state index in [9.17, 15) is 8.42 Å². The lowest BCUT2D eigenvalue weighted by molar-refractivity contribution is 0.225. The second-order valence-corrected chi connectivity index (χ2v) is 6.22. The first-order chi connectivity index (χ1) is 5.39. The standard InChI is InChI=1S/C7H14ClNO2S/c1-6-3-7(2)5-9(4-6)12(8,10)11/h6-7H,3-5H2,1-2H3/t6-,7-/m0/s1. The lowest BCUT2D eigenvalue weighted by Gasteiger charge is -2.31. The molecule has 1 aliphatic heterocycles. The maximum atomic E-state index is 11.0. The van der Waals surface area contributed by atoms with Crippen molar-refractivity contribution in [2.45, 2.75) is 20.3 Å². The minimum atomic E-state index is -3.49. The molecule has 0 radical (unpaired) electrons. The van der Waals surface area contributed by atoms with Gasteiger partial charge in [-0.3, -0.25) is 0 Å². The summed E-state index contributed by atoms with van der Waals surface area (Å²) in [5.74, 6) is 0.838. The highest BCUT2D eigenvalue weighted by Crippen LogP contribution is 2.24. The molecule has 0 aliphatic carbocycles. The molecule has 5 heteroatoms. The molecule has 1 rings (SSSR count). The number of hydrogen-bond acceptors (Lipinski definition) is 2. The van der Waals surface area contributed by atoms with Crippen molar-refractivity contribution in [3.05, 3.63) is 0 Å². The molecule has 1 heterocycles. The molecule has 3 nitrogen and oxygen atoms in total. The Morgan fingerprint density at radius 1 is 1.25 bits per heavy atom. The van der Waals surface area contributed by atoms with Gasteiger partial charge in [-0.05, 0) is 18.3 Å². The van der Waals surface area contributed by atoms with Gasteiger partial charge in [0.25, 0.3) is 9.24 Å². The van der Waals surface area contributed by atoms with Crippen LogP contribution in [0.15, 0.2) is 0 Å². The van der Waals surface area contributed by atoms with Crippen molar-refractivity contribution in [3.8, 4) is 0 Å². The molecule has 1 saturated heterocycles. The number of rotatable bonds is 1. The molecule has 0 aromatic carbocycles. The summed E-state index contributed by atoms with van der Waals surface area (Å²) in [6.45, 7) is 5.22. The van der Waals surface area contributed by atoms with Gasteiger partial charge in [-0.2, -0.15) is 12.7 Å². The summed E-state index contributed by atoms with van der Waals surface area (Å²) in [5.41, 5.74) is 0. The molecule has 0 saturated carbocycles. The van der Waals surface area contributed by atoms with Crippen LogP contribution >= 0.6 is 10.7 Å². The molecule has 0 amide bonds. The maximum Gasteiger partial charge on any atom is 0.299 e. The van der Waals surface area contributed by atoms with Crippen LogP contribution in [-0.2, 0) is 9.24 Å². The fraction of sp³-hybridized carbons (Fsp3) is 1.00. The smallest absolute Gasteiger partial charge is 0.195 e. The van der Waals surface area contributed by atoms with Crippen molar-refractivity contribution in [1.82, 2.24) is 4.31 Å². The van der Waals surface area contributed by atoms with Crippen LogP contribution in [0.25, 0.3) is 0 Å². The Balaban J connectivity index is 2.68. The van der Waals surface area contributed by atoms with Gasteiger partial charge in [0, 0.05) is 23.8 Å². The molecule has 0 aromatic rings. The fourth-order valence-electron chi connectivity index (χ4n) is 1.78. The Hall–Kier alpha value is 0.200. The Morgan fingerprint density at radius 3 is 2.00 bits per heavy atom. The van der Waals surface area contributed by atoms with Crippen molar-refractivity contribution < 1.29 is 8.42 Å². The Bertz CT molecular complexity index is 242. The highest BCUT2D eigenvalue weighted by Gasteiger charge is 2.28. The zero-order chi connectivity index (χ0) is 9.35. The summed E-state index contributed by atoms with van der Waals surface area (Å²) in [5, 5.41) is 0. The van der Waals surface area contributed by atoms with Crippen molar-refractivity contribution in [2.75, 3.05) is 13.1 Å². The Kier molecular flexibility index (Phi) is 3.01. The minimum Gasteiger partial charge on any atom is -0.195 e. The molecule has 72 valence electrons. The van der Waals surface area contributed by atoms with Crippen molar-refractivity contribution in [1.29, 1.82) is 0 Å². The molecule has 0 spiro atoms. The SMILES string of the molecule is C[C@H]1C[C@H](C)CN(S(=O)(=O)Cl)C1. The average Bonchev–Trinajstić information content (AvgIpc) is 1.82. The first-order valence-electron chi connectivity index (χ1n) is 4.09. The predicted octanol–water partition coefficient (Wildman–Crippen LogP) is 1.45. The molecular formula is C7H14ClNO2S. The van der Waals surface area contributed by atoms with E-state index in [1.54, 1.807) is 0 Å².